The van der Waals surface area contributed by atoms with Crippen LogP contribution in [-0.4, -0.2) is 13.4 Å². The zero-order valence-electron chi connectivity index (χ0n) is 4.64. The Kier molecular flexibility index (Phi) is 5.85. The van der Waals surface area contributed by atoms with E-state index in [1.807, 2.05) is 6.92 Å². The summed E-state index contributed by atoms with van der Waals surface area (Å²) in [6.45, 7) is 3.12. The maximum absolute atomic E-state index is 4.85. The summed E-state index contributed by atoms with van der Waals surface area (Å²) in [5, 5.41) is 0. The third-order valence-electron chi connectivity index (χ3n) is 0.515. The predicted octanol–water partition coefficient (Wildman–Crippen LogP) is 1.18. The third-order valence-corrected chi connectivity index (χ3v) is 0.515. The minimum Gasteiger partial charge on any atom is -0.355 e. The van der Waals surface area contributed by atoms with E-state index < -0.39 is 0 Å². The van der Waals surface area contributed by atoms with Crippen molar-refractivity contribution in [2.24, 2.45) is 0 Å². The van der Waals surface area contributed by atoms with Crippen LogP contribution in [0.4, 0.5) is 0 Å². The lowest BCUT2D eigenvalue weighted by atomic mass is 10.5. The van der Waals surface area contributed by atoms with E-state index in [1.165, 1.54) is 0 Å². The minimum absolute atomic E-state index is 0.313. The summed E-state index contributed by atoms with van der Waals surface area (Å²) < 4.78 is 9.22. The van der Waals surface area contributed by atoms with Gasteiger partial charge in [-0.3, -0.25) is 0 Å². The molecule has 2 heteroatoms. The van der Waals surface area contributed by atoms with Gasteiger partial charge in [-0.25, -0.2) is 0 Å². The first-order valence-corrected chi connectivity index (χ1v) is 2.36. The smallest absolute Gasteiger partial charge is 0.146 e. The fraction of sp³-hybridized carbons (Fsp3) is 0.800. The molecule has 0 fully saturated rings. The Balaban J connectivity index is 2.45. The molecule has 0 aliphatic heterocycles. The fourth-order valence-electron chi connectivity index (χ4n) is 0.262. The lowest BCUT2D eigenvalue weighted by molar-refractivity contribution is -0.0138. The molecule has 0 saturated heterocycles. The summed E-state index contributed by atoms with van der Waals surface area (Å²) >= 11 is 0. The van der Waals surface area contributed by atoms with Crippen LogP contribution in [0.2, 0.25) is 0 Å². The van der Waals surface area contributed by atoms with Crippen molar-refractivity contribution in [2.45, 2.75) is 13.3 Å². The van der Waals surface area contributed by atoms with Gasteiger partial charge in [0.25, 0.3) is 0 Å². The van der Waals surface area contributed by atoms with E-state index >= 15 is 0 Å². The van der Waals surface area contributed by atoms with Crippen LogP contribution < -0.4 is 0 Å². The average molecular weight is 103 g/mol. The molecule has 0 unspecified atom stereocenters. The Morgan fingerprint density at radius 2 is 2.29 bits per heavy atom. The number of hydrogen-bond donors (Lipinski definition) is 0. The quantitative estimate of drug-likeness (QED) is 0.393. The second kappa shape index (κ2) is 5.92. The van der Waals surface area contributed by atoms with Crippen LogP contribution >= 0.6 is 0 Å². The molecule has 0 aromatic heterocycles. The second-order valence-corrected chi connectivity index (χ2v) is 1.23. The molecule has 0 amide bonds. The van der Waals surface area contributed by atoms with Gasteiger partial charge in [0.2, 0.25) is 0 Å². The Hall–Kier alpha value is -0.0800. The van der Waals surface area contributed by atoms with E-state index in [2.05, 4.69) is 11.8 Å². The molecule has 0 N–H and O–H groups in total. The maximum Gasteiger partial charge on any atom is 0.146 e. The molecule has 7 heavy (non-hydrogen) atoms. The largest absolute Gasteiger partial charge is 0.355 e. The van der Waals surface area contributed by atoms with Crippen LogP contribution in [0.5, 0.6) is 0 Å². The molecule has 0 aliphatic carbocycles. The van der Waals surface area contributed by atoms with Gasteiger partial charge in [0.1, 0.15) is 6.79 Å². The first-order chi connectivity index (χ1) is 3.41. The Bertz CT molecular complexity index is 25.3. The van der Waals surface area contributed by atoms with E-state index in [-0.39, 0.29) is 0 Å². The molecule has 0 rings (SSSR count). The van der Waals surface area contributed by atoms with Crippen molar-refractivity contribution in [1.82, 2.24) is 0 Å². The summed E-state index contributed by atoms with van der Waals surface area (Å²) in [6, 6.07) is 0. The normalized spacial score (nSPS) is 9.43. The van der Waals surface area contributed by atoms with Crippen molar-refractivity contribution in [3.05, 3.63) is 7.11 Å². The second-order valence-electron chi connectivity index (χ2n) is 1.23. The molecule has 2 nitrogen and oxygen atoms in total. The van der Waals surface area contributed by atoms with Gasteiger partial charge in [0.15, 0.2) is 0 Å². The molecule has 0 aromatic carbocycles. The molecule has 0 bridgehead atoms. The van der Waals surface area contributed by atoms with E-state index in [9.17, 15) is 0 Å². The van der Waals surface area contributed by atoms with E-state index in [1.54, 1.807) is 0 Å². The van der Waals surface area contributed by atoms with Crippen molar-refractivity contribution in [3.63, 3.8) is 0 Å². The van der Waals surface area contributed by atoms with Crippen molar-refractivity contribution in [2.75, 3.05) is 13.4 Å². The van der Waals surface area contributed by atoms with Gasteiger partial charge in [0, 0.05) is 6.61 Å². The number of ether oxygens (including phenoxy) is 2. The zero-order chi connectivity index (χ0) is 5.54. The highest BCUT2D eigenvalue weighted by Gasteiger charge is 1.77. The van der Waals surface area contributed by atoms with Crippen LogP contribution in [0.15, 0.2) is 0 Å². The van der Waals surface area contributed by atoms with Crippen LogP contribution in [0.3, 0.4) is 0 Å². The topological polar surface area (TPSA) is 18.5 Å². The van der Waals surface area contributed by atoms with E-state index in [0.717, 1.165) is 13.0 Å². The van der Waals surface area contributed by atoms with E-state index in [4.69, 9.17) is 4.74 Å². The molecule has 0 saturated carbocycles. The van der Waals surface area contributed by atoms with Gasteiger partial charge >= 0.3 is 0 Å². The predicted molar refractivity (Wildman–Crippen MR) is 27.6 cm³/mol. The van der Waals surface area contributed by atoms with Crippen LogP contribution in [0.1, 0.15) is 13.3 Å². The SMILES string of the molecule is [CH2]OCOCCC. The van der Waals surface area contributed by atoms with Crippen molar-refractivity contribution in [3.8, 4) is 0 Å². The molecule has 43 valence electrons. The molecule has 0 aromatic rings. The summed E-state index contributed by atoms with van der Waals surface area (Å²) in [5.74, 6) is 0. The summed E-state index contributed by atoms with van der Waals surface area (Å²) in [7, 11) is 3.13. The maximum atomic E-state index is 4.85. The first kappa shape index (κ1) is 6.92. The highest BCUT2D eigenvalue weighted by atomic mass is 16.7. The Morgan fingerprint density at radius 3 is 2.71 bits per heavy atom. The monoisotopic (exact) mass is 103 g/mol. The number of hydrogen-bond acceptors (Lipinski definition) is 2. The van der Waals surface area contributed by atoms with Crippen LogP contribution in [0.25, 0.3) is 0 Å². The molecule has 1 radical (unpaired) electrons. The lowest BCUT2D eigenvalue weighted by Gasteiger charge is -1.96. The summed E-state index contributed by atoms with van der Waals surface area (Å²) in [4.78, 5) is 0. The van der Waals surface area contributed by atoms with Crippen molar-refractivity contribution >= 4 is 0 Å². The van der Waals surface area contributed by atoms with Crippen LogP contribution in [0, 0.1) is 7.11 Å². The molecule has 0 aliphatic rings. The standard InChI is InChI=1S/C5H11O2/c1-3-4-7-5-6-2/h2-5H2,1H3. The summed E-state index contributed by atoms with van der Waals surface area (Å²) in [5.41, 5.74) is 0. The third kappa shape index (κ3) is 5.92. The molecular weight excluding hydrogens is 92.1 g/mol. The zero-order valence-corrected chi connectivity index (χ0v) is 4.64. The Morgan fingerprint density at radius 1 is 1.57 bits per heavy atom. The highest BCUT2D eigenvalue weighted by Crippen LogP contribution is 1.78. The van der Waals surface area contributed by atoms with Gasteiger partial charge in [0.05, 0.1) is 7.11 Å². The number of rotatable bonds is 4. The summed E-state index contributed by atoms with van der Waals surface area (Å²) in [6.07, 6.45) is 1.03. The lowest BCUT2D eigenvalue weighted by Crippen LogP contribution is -1.94. The fourth-order valence-corrected chi connectivity index (χ4v) is 0.262. The first-order valence-electron chi connectivity index (χ1n) is 2.36. The van der Waals surface area contributed by atoms with Gasteiger partial charge in [-0.1, -0.05) is 6.92 Å². The minimum atomic E-state index is 0.313. The van der Waals surface area contributed by atoms with Gasteiger partial charge < -0.3 is 9.47 Å². The van der Waals surface area contributed by atoms with Crippen molar-refractivity contribution < 1.29 is 9.47 Å². The highest BCUT2D eigenvalue weighted by molar-refractivity contribution is 4.18. The average Bonchev–Trinajstić information content (AvgIpc) is 1.69. The van der Waals surface area contributed by atoms with Gasteiger partial charge in [-0.15, -0.1) is 0 Å². The molecule has 0 spiro atoms. The molecule has 0 atom stereocenters. The molecule has 0 heterocycles. The Labute approximate surface area is 44.4 Å². The van der Waals surface area contributed by atoms with Gasteiger partial charge in [-0.2, -0.15) is 0 Å². The van der Waals surface area contributed by atoms with E-state index in [0.29, 0.717) is 6.79 Å². The van der Waals surface area contributed by atoms with Crippen molar-refractivity contribution in [1.29, 1.82) is 0 Å². The molecular formula is C5H11O2. The van der Waals surface area contributed by atoms with Crippen LogP contribution in [-0.2, 0) is 9.47 Å². The van der Waals surface area contributed by atoms with Gasteiger partial charge in [-0.05, 0) is 6.42 Å².